The average Bonchev–Trinajstić information content (AvgIpc) is 2.88. The summed E-state index contributed by atoms with van der Waals surface area (Å²) in [5, 5.41) is 10.4. The lowest BCUT2D eigenvalue weighted by molar-refractivity contribution is 0.0692. The number of carboxylic acids is 1. The molecular formula is C17H15NO3. The molecule has 0 fully saturated rings. The van der Waals surface area contributed by atoms with Crippen LogP contribution >= 0.6 is 0 Å². The highest BCUT2D eigenvalue weighted by atomic mass is 16.5. The summed E-state index contributed by atoms with van der Waals surface area (Å²) < 4.78 is 5.15. The number of H-pyrrole nitrogens is 1. The molecule has 3 rings (SSSR count). The lowest BCUT2D eigenvalue weighted by Gasteiger charge is -2.04. The van der Waals surface area contributed by atoms with E-state index in [-0.39, 0.29) is 5.69 Å². The maximum absolute atomic E-state index is 11.5. The zero-order valence-electron chi connectivity index (χ0n) is 11.8. The number of aromatic nitrogens is 1. The van der Waals surface area contributed by atoms with Crippen LogP contribution < -0.4 is 4.74 Å². The zero-order chi connectivity index (χ0) is 15.0. The Morgan fingerprint density at radius 3 is 2.48 bits per heavy atom. The van der Waals surface area contributed by atoms with Crippen molar-refractivity contribution in [1.82, 2.24) is 4.98 Å². The molecule has 4 nitrogen and oxygen atoms in total. The van der Waals surface area contributed by atoms with Crippen LogP contribution in [0.2, 0.25) is 0 Å². The Balaban J connectivity index is 2.30. The molecule has 1 aromatic heterocycles. The molecule has 0 unspecified atom stereocenters. The molecule has 0 bridgehead atoms. The van der Waals surface area contributed by atoms with Gasteiger partial charge in [0, 0.05) is 16.5 Å². The third-order valence-corrected chi connectivity index (χ3v) is 3.63. The quantitative estimate of drug-likeness (QED) is 0.766. The van der Waals surface area contributed by atoms with Gasteiger partial charge in [0.25, 0.3) is 0 Å². The van der Waals surface area contributed by atoms with Gasteiger partial charge in [-0.1, -0.05) is 30.3 Å². The Morgan fingerprint density at radius 2 is 1.86 bits per heavy atom. The normalized spacial score (nSPS) is 10.8. The van der Waals surface area contributed by atoms with Gasteiger partial charge in [0.1, 0.15) is 11.4 Å². The molecular weight excluding hydrogens is 266 g/mol. The van der Waals surface area contributed by atoms with Crippen LogP contribution in [0.15, 0.2) is 42.5 Å². The smallest absolute Gasteiger partial charge is 0.352 e. The van der Waals surface area contributed by atoms with E-state index in [9.17, 15) is 9.90 Å². The van der Waals surface area contributed by atoms with Crippen LogP contribution in [0.4, 0.5) is 0 Å². The first-order valence-corrected chi connectivity index (χ1v) is 6.61. The van der Waals surface area contributed by atoms with Crippen molar-refractivity contribution >= 4 is 16.9 Å². The van der Waals surface area contributed by atoms with E-state index in [1.165, 1.54) is 0 Å². The standard InChI is InChI=1S/C17H15NO3/c1-10-4-3-5-13-14(16(17(19)20)18-15(10)13)11-6-8-12(21-2)9-7-11/h3-9,18H,1-2H3,(H,19,20). The molecule has 1 heterocycles. The average molecular weight is 281 g/mol. The van der Waals surface area contributed by atoms with Crippen LogP contribution in [0.3, 0.4) is 0 Å². The van der Waals surface area contributed by atoms with E-state index in [1.807, 2.05) is 49.4 Å². The Hall–Kier alpha value is -2.75. The fraction of sp³-hybridized carbons (Fsp3) is 0.118. The third-order valence-electron chi connectivity index (χ3n) is 3.63. The van der Waals surface area contributed by atoms with Crippen LogP contribution in [-0.4, -0.2) is 23.2 Å². The molecule has 2 aromatic carbocycles. The summed E-state index contributed by atoms with van der Waals surface area (Å²) in [4.78, 5) is 14.6. The van der Waals surface area contributed by atoms with Gasteiger partial charge in [-0.25, -0.2) is 4.79 Å². The number of fused-ring (bicyclic) bond motifs is 1. The summed E-state index contributed by atoms with van der Waals surface area (Å²) in [6.45, 7) is 1.96. The molecule has 0 spiro atoms. The van der Waals surface area contributed by atoms with Crippen molar-refractivity contribution in [2.24, 2.45) is 0 Å². The number of hydrogen-bond donors (Lipinski definition) is 2. The van der Waals surface area contributed by atoms with E-state index < -0.39 is 5.97 Å². The Morgan fingerprint density at radius 1 is 1.14 bits per heavy atom. The molecule has 21 heavy (non-hydrogen) atoms. The fourth-order valence-corrected chi connectivity index (χ4v) is 2.58. The summed E-state index contributed by atoms with van der Waals surface area (Å²) in [6.07, 6.45) is 0. The van der Waals surface area contributed by atoms with Crippen LogP contribution in [0.1, 0.15) is 16.1 Å². The summed E-state index contributed by atoms with van der Waals surface area (Å²) in [5.74, 6) is -0.219. The molecule has 0 aliphatic carbocycles. The van der Waals surface area contributed by atoms with Gasteiger partial charge in [-0.3, -0.25) is 0 Å². The lowest BCUT2D eigenvalue weighted by Crippen LogP contribution is -1.98. The number of ether oxygens (including phenoxy) is 1. The number of methoxy groups -OCH3 is 1. The van der Waals surface area contributed by atoms with Gasteiger partial charge >= 0.3 is 5.97 Å². The Bertz CT molecular complexity index is 816. The van der Waals surface area contributed by atoms with Crippen molar-refractivity contribution in [3.63, 3.8) is 0 Å². The highest BCUT2D eigenvalue weighted by Crippen LogP contribution is 2.34. The monoisotopic (exact) mass is 281 g/mol. The second-order valence-corrected chi connectivity index (χ2v) is 4.91. The van der Waals surface area contributed by atoms with Crippen LogP contribution in [0, 0.1) is 6.92 Å². The largest absolute Gasteiger partial charge is 0.497 e. The topological polar surface area (TPSA) is 62.3 Å². The van der Waals surface area contributed by atoms with Gasteiger partial charge in [-0.05, 0) is 30.2 Å². The summed E-state index contributed by atoms with van der Waals surface area (Å²) in [6, 6.07) is 13.2. The van der Waals surface area contributed by atoms with Crippen molar-refractivity contribution in [1.29, 1.82) is 0 Å². The minimum absolute atomic E-state index is 0.212. The number of aryl methyl sites for hydroxylation is 1. The van der Waals surface area contributed by atoms with Crippen LogP contribution in [0.5, 0.6) is 5.75 Å². The van der Waals surface area contributed by atoms with Gasteiger partial charge in [0.2, 0.25) is 0 Å². The maximum Gasteiger partial charge on any atom is 0.352 e. The third kappa shape index (κ3) is 2.14. The molecule has 0 radical (unpaired) electrons. The number of benzene rings is 2. The van der Waals surface area contributed by atoms with E-state index >= 15 is 0 Å². The van der Waals surface area contributed by atoms with Gasteiger partial charge < -0.3 is 14.8 Å². The SMILES string of the molecule is COc1ccc(-c2c(C(=O)O)[nH]c3c(C)cccc23)cc1. The van der Waals surface area contributed by atoms with Crippen LogP contribution in [-0.2, 0) is 0 Å². The predicted molar refractivity (Wildman–Crippen MR) is 82.0 cm³/mol. The molecule has 4 heteroatoms. The number of para-hydroxylation sites is 1. The zero-order valence-corrected chi connectivity index (χ0v) is 11.8. The molecule has 0 amide bonds. The maximum atomic E-state index is 11.5. The number of carboxylic acid groups (broad SMARTS) is 1. The molecule has 106 valence electrons. The highest BCUT2D eigenvalue weighted by molar-refractivity contribution is 6.08. The van der Waals surface area contributed by atoms with E-state index in [4.69, 9.17) is 4.74 Å². The Kier molecular flexibility index (Phi) is 3.14. The molecule has 3 aromatic rings. The first-order valence-electron chi connectivity index (χ1n) is 6.61. The number of aromatic carboxylic acids is 1. The lowest BCUT2D eigenvalue weighted by atomic mass is 10.0. The van der Waals surface area contributed by atoms with Gasteiger partial charge in [-0.15, -0.1) is 0 Å². The highest BCUT2D eigenvalue weighted by Gasteiger charge is 2.19. The fourth-order valence-electron chi connectivity index (χ4n) is 2.58. The summed E-state index contributed by atoms with van der Waals surface area (Å²) in [7, 11) is 1.60. The summed E-state index contributed by atoms with van der Waals surface area (Å²) in [5.41, 5.74) is 3.66. The molecule has 0 saturated heterocycles. The second kappa shape index (κ2) is 4.98. The molecule has 0 aliphatic rings. The van der Waals surface area contributed by atoms with Crippen molar-refractivity contribution in [3.8, 4) is 16.9 Å². The van der Waals surface area contributed by atoms with Gasteiger partial charge in [0.15, 0.2) is 0 Å². The summed E-state index contributed by atoms with van der Waals surface area (Å²) >= 11 is 0. The number of rotatable bonds is 3. The van der Waals surface area contributed by atoms with E-state index in [1.54, 1.807) is 7.11 Å². The van der Waals surface area contributed by atoms with E-state index in [2.05, 4.69) is 4.98 Å². The second-order valence-electron chi connectivity index (χ2n) is 4.91. The number of aromatic amines is 1. The van der Waals surface area contributed by atoms with Crippen LogP contribution in [0.25, 0.3) is 22.0 Å². The Labute approximate surface area is 122 Å². The molecule has 0 saturated carbocycles. The van der Waals surface area contributed by atoms with Gasteiger partial charge in [-0.2, -0.15) is 0 Å². The first kappa shape index (κ1) is 13.2. The van der Waals surface area contributed by atoms with Crippen molar-refractivity contribution in [2.45, 2.75) is 6.92 Å². The van der Waals surface area contributed by atoms with Gasteiger partial charge in [0.05, 0.1) is 7.11 Å². The minimum Gasteiger partial charge on any atom is -0.497 e. The van der Waals surface area contributed by atoms with E-state index in [0.29, 0.717) is 5.56 Å². The molecule has 0 atom stereocenters. The number of nitrogens with one attached hydrogen (secondary N) is 1. The molecule has 0 aliphatic heterocycles. The van der Waals surface area contributed by atoms with Crippen molar-refractivity contribution in [2.75, 3.05) is 7.11 Å². The first-order chi connectivity index (χ1) is 10.1. The van der Waals surface area contributed by atoms with E-state index in [0.717, 1.165) is 27.8 Å². The predicted octanol–water partition coefficient (Wildman–Crippen LogP) is 3.85. The number of carbonyl (C=O) groups is 1. The molecule has 2 N–H and O–H groups in total. The van der Waals surface area contributed by atoms with Crippen molar-refractivity contribution < 1.29 is 14.6 Å². The minimum atomic E-state index is -0.962. The van der Waals surface area contributed by atoms with Crippen molar-refractivity contribution in [3.05, 3.63) is 53.7 Å². The number of hydrogen-bond acceptors (Lipinski definition) is 2.